The number of piperazine rings is 1. The Balaban J connectivity index is 1.37. The van der Waals surface area contributed by atoms with Crippen LogP contribution in [0.1, 0.15) is 28.7 Å². The summed E-state index contributed by atoms with van der Waals surface area (Å²) in [5.74, 6) is -1.10. The number of pyridine rings is 1. The number of hydrogen-bond donors (Lipinski definition) is 2. The lowest BCUT2D eigenvalue weighted by atomic mass is 10.1. The molecule has 1 aliphatic heterocycles. The van der Waals surface area contributed by atoms with E-state index in [1.54, 1.807) is 24.4 Å². The number of hydrogen-bond acceptors (Lipinski definition) is 6. The van der Waals surface area contributed by atoms with Gasteiger partial charge in [0.2, 0.25) is 0 Å². The van der Waals surface area contributed by atoms with Gasteiger partial charge in [-0.15, -0.1) is 0 Å². The Bertz CT molecular complexity index is 1220. The molecule has 1 amide bonds. The maximum Gasteiger partial charge on any atom is 0.270 e. The van der Waals surface area contributed by atoms with Crippen LogP contribution in [0.5, 0.6) is 0 Å². The molecule has 0 spiro atoms. The van der Waals surface area contributed by atoms with E-state index in [1.807, 2.05) is 6.92 Å². The second-order valence-electron chi connectivity index (χ2n) is 8.06. The predicted octanol–water partition coefficient (Wildman–Crippen LogP) is 2.34. The van der Waals surface area contributed by atoms with E-state index in [0.717, 1.165) is 5.69 Å². The number of anilines is 1. The molecule has 4 rings (SSSR count). The highest BCUT2D eigenvalue weighted by atomic mass is 19.3. The number of halogens is 3. The van der Waals surface area contributed by atoms with Gasteiger partial charge >= 0.3 is 0 Å². The third-order valence-corrected chi connectivity index (χ3v) is 5.82. The lowest BCUT2D eigenvalue weighted by Crippen LogP contribution is -2.46. The van der Waals surface area contributed by atoms with Crippen molar-refractivity contribution < 1.29 is 18.0 Å². The van der Waals surface area contributed by atoms with Gasteiger partial charge in [-0.25, -0.2) is 23.1 Å². The number of fused-ring (bicyclic) bond motifs is 1. The summed E-state index contributed by atoms with van der Waals surface area (Å²) in [5, 5.41) is 2.12. The number of aryl methyl sites for hydroxylation is 1. The largest absolute Gasteiger partial charge is 0.368 e. The topological polar surface area (TPSA) is 94.2 Å². The minimum absolute atomic E-state index is 0.0772. The Morgan fingerprint density at radius 1 is 1.18 bits per heavy atom. The van der Waals surface area contributed by atoms with E-state index in [-0.39, 0.29) is 16.8 Å². The van der Waals surface area contributed by atoms with E-state index in [2.05, 4.69) is 30.1 Å². The number of amides is 1. The van der Waals surface area contributed by atoms with Gasteiger partial charge in [0.15, 0.2) is 5.82 Å². The number of aromatic nitrogens is 3. The molecule has 0 atom stereocenters. The molecule has 8 nitrogen and oxygen atoms in total. The van der Waals surface area contributed by atoms with Crippen LogP contribution in [-0.4, -0.2) is 64.9 Å². The first-order valence-electron chi connectivity index (χ1n) is 11.1. The monoisotopic (exact) mass is 474 g/mol. The molecule has 0 aliphatic carbocycles. The third kappa shape index (κ3) is 5.19. The molecule has 2 N–H and O–H groups in total. The van der Waals surface area contributed by atoms with Crippen LogP contribution in [0.4, 0.5) is 18.9 Å². The van der Waals surface area contributed by atoms with Crippen LogP contribution in [0.2, 0.25) is 0 Å². The second-order valence-corrected chi connectivity index (χ2v) is 8.06. The Morgan fingerprint density at radius 2 is 1.94 bits per heavy atom. The molecule has 34 heavy (non-hydrogen) atoms. The maximum atomic E-state index is 15.1. The van der Waals surface area contributed by atoms with E-state index in [1.165, 1.54) is 6.07 Å². The Labute approximate surface area is 193 Å². The van der Waals surface area contributed by atoms with Crippen molar-refractivity contribution in [2.75, 3.05) is 37.6 Å². The first-order valence-corrected chi connectivity index (χ1v) is 11.1. The first-order chi connectivity index (χ1) is 16.4. The van der Waals surface area contributed by atoms with E-state index >= 15 is 4.39 Å². The van der Waals surface area contributed by atoms with Crippen molar-refractivity contribution in [3.8, 4) is 0 Å². The molecule has 1 aromatic carbocycles. The molecule has 0 unspecified atom stereocenters. The molecule has 0 saturated carbocycles. The van der Waals surface area contributed by atoms with Gasteiger partial charge in [0.05, 0.1) is 23.9 Å². The molecule has 1 saturated heterocycles. The van der Waals surface area contributed by atoms with Gasteiger partial charge in [-0.2, -0.15) is 0 Å². The Hall–Kier alpha value is -3.47. The molecule has 180 valence electrons. The van der Waals surface area contributed by atoms with E-state index in [4.69, 9.17) is 0 Å². The standard InChI is InChI=1S/C23H25F3N6O2/c1-2-16-23(34)30-21-17(29-16)5-3-14(20(21)26)13-31-7-9-32(10-8-31)15-4-6-18(27-11-15)22(33)28-12-19(24)25/h3-6,11,19H,2,7-10,12-13H2,1H3,(H,28,33)(H,30,34). The van der Waals surface area contributed by atoms with Gasteiger partial charge in [-0.3, -0.25) is 14.5 Å². The number of nitrogens with one attached hydrogen (secondary N) is 2. The third-order valence-electron chi connectivity index (χ3n) is 5.82. The number of H-pyrrole nitrogens is 1. The van der Waals surface area contributed by atoms with Crippen LogP contribution in [0, 0.1) is 5.82 Å². The summed E-state index contributed by atoms with van der Waals surface area (Å²) in [5.41, 5.74) is 1.95. The van der Waals surface area contributed by atoms with Gasteiger partial charge in [-0.1, -0.05) is 13.0 Å². The summed E-state index contributed by atoms with van der Waals surface area (Å²) in [4.78, 5) is 39.0. The molecular weight excluding hydrogens is 449 g/mol. The molecule has 0 bridgehead atoms. The average molecular weight is 474 g/mol. The smallest absolute Gasteiger partial charge is 0.270 e. The van der Waals surface area contributed by atoms with Crippen molar-refractivity contribution in [3.05, 3.63) is 63.6 Å². The SMILES string of the molecule is CCc1nc2ccc(CN3CCN(c4ccc(C(=O)NCC(F)F)nc4)CC3)c(F)c2[nH]c1=O. The highest BCUT2D eigenvalue weighted by molar-refractivity contribution is 5.92. The molecule has 3 aromatic rings. The number of nitrogens with zero attached hydrogens (tertiary/aromatic N) is 4. The van der Waals surface area contributed by atoms with Crippen molar-refractivity contribution in [3.63, 3.8) is 0 Å². The minimum atomic E-state index is -2.62. The zero-order valence-corrected chi connectivity index (χ0v) is 18.7. The van der Waals surface area contributed by atoms with Gasteiger partial charge in [0.1, 0.15) is 16.9 Å². The van der Waals surface area contributed by atoms with Crippen molar-refractivity contribution in [1.29, 1.82) is 0 Å². The van der Waals surface area contributed by atoms with Crippen LogP contribution < -0.4 is 15.8 Å². The first kappa shape index (κ1) is 23.7. The fourth-order valence-corrected chi connectivity index (χ4v) is 3.94. The number of benzene rings is 1. The molecule has 1 fully saturated rings. The van der Waals surface area contributed by atoms with Crippen LogP contribution in [0.15, 0.2) is 35.3 Å². The molecule has 0 radical (unpaired) electrons. The van der Waals surface area contributed by atoms with Crippen molar-refractivity contribution in [2.24, 2.45) is 0 Å². The number of aromatic amines is 1. The molecular formula is C23H25F3N6O2. The minimum Gasteiger partial charge on any atom is -0.368 e. The molecule has 2 aromatic heterocycles. The number of alkyl halides is 2. The van der Waals surface area contributed by atoms with Crippen molar-refractivity contribution >= 4 is 22.6 Å². The summed E-state index contributed by atoms with van der Waals surface area (Å²) in [6.07, 6.45) is -0.595. The van der Waals surface area contributed by atoms with Crippen molar-refractivity contribution in [2.45, 2.75) is 26.3 Å². The predicted molar refractivity (Wildman–Crippen MR) is 122 cm³/mol. The molecule has 1 aliphatic rings. The molecule has 11 heteroatoms. The Kier molecular flexibility index (Phi) is 7.11. The Morgan fingerprint density at radius 3 is 2.59 bits per heavy atom. The van der Waals surface area contributed by atoms with E-state index in [9.17, 15) is 18.4 Å². The van der Waals surface area contributed by atoms with Crippen LogP contribution in [0.3, 0.4) is 0 Å². The van der Waals surface area contributed by atoms with E-state index in [0.29, 0.717) is 55.9 Å². The van der Waals surface area contributed by atoms with Gasteiger partial charge in [0.25, 0.3) is 17.9 Å². The lowest BCUT2D eigenvalue weighted by Gasteiger charge is -2.36. The maximum absolute atomic E-state index is 15.1. The molecule has 3 heterocycles. The average Bonchev–Trinajstić information content (AvgIpc) is 2.85. The van der Waals surface area contributed by atoms with Crippen LogP contribution in [0.25, 0.3) is 11.0 Å². The normalized spacial score (nSPS) is 14.7. The van der Waals surface area contributed by atoms with Crippen LogP contribution >= 0.6 is 0 Å². The van der Waals surface area contributed by atoms with Gasteiger partial charge in [-0.05, 0) is 24.6 Å². The van der Waals surface area contributed by atoms with Crippen LogP contribution in [-0.2, 0) is 13.0 Å². The van der Waals surface area contributed by atoms with Crippen molar-refractivity contribution in [1.82, 2.24) is 25.2 Å². The number of rotatable bonds is 7. The van der Waals surface area contributed by atoms with Gasteiger partial charge < -0.3 is 15.2 Å². The number of carbonyl (C=O) groups is 1. The van der Waals surface area contributed by atoms with Gasteiger partial charge in [0, 0.05) is 38.3 Å². The van der Waals surface area contributed by atoms with E-state index < -0.39 is 24.7 Å². The fraction of sp³-hybridized carbons (Fsp3) is 0.391. The highest BCUT2D eigenvalue weighted by Gasteiger charge is 2.20. The summed E-state index contributed by atoms with van der Waals surface area (Å²) >= 11 is 0. The zero-order valence-electron chi connectivity index (χ0n) is 18.7. The second kappa shape index (κ2) is 10.2. The lowest BCUT2D eigenvalue weighted by molar-refractivity contribution is 0.0887. The fourth-order valence-electron chi connectivity index (χ4n) is 3.94. The number of carbonyl (C=O) groups excluding carboxylic acids is 1. The summed E-state index contributed by atoms with van der Waals surface area (Å²) < 4.78 is 39.5. The quantitative estimate of drug-likeness (QED) is 0.546. The zero-order chi connectivity index (χ0) is 24.2. The summed E-state index contributed by atoms with van der Waals surface area (Å²) in [6.45, 7) is 4.21. The summed E-state index contributed by atoms with van der Waals surface area (Å²) in [6, 6.07) is 6.67. The summed E-state index contributed by atoms with van der Waals surface area (Å²) in [7, 11) is 0. The highest BCUT2D eigenvalue weighted by Crippen LogP contribution is 2.21.